The summed E-state index contributed by atoms with van der Waals surface area (Å²) >= 11 is 0. The molecule has 0 spiro atoms. The molecule has 4 nitrogen and oxygen atoms in total. The van der Waals surface area contributed by atoms with Crippen molar-refractivity contribution in [2.75, 3.05) is 13.7 Å². The van der Waals surface area contributed by atoms with Crippen molar-refractivity contribution in [2.45, 2.75) is 51.4 Å². The summed E-state index contributed by atoms with van der Waals surface area (Å²) in [5, 5.41) is 0. The van der Waals surface area contributed by atoms with Gasteiger partial charge in [0.1, 0.15) is 5.60 Å². The summed E-state index contributed by atoms with van der Waals surface area (Å²) in [7, 11) is 1.71. The largest absolute Gasteiger partial charge is 0.444 e. The first-order valence-electron chi connectivity index (χ1n) is 7.47. The van der Waals surface area contributed by atoms with Crippen molar-refractivity contribution in [1.82, 2.24) is 4.90 Å². The lowest BCUT2D eigenvalue weighted by Crippen LogP contribution is -2.44. The minimum Gasteiger partial charge on any atom is -0.444 e. The van der Waals surface area contributed by atoms with Crippen molar-refractivity contribution in [2.24, 2.45) is 0 Å². The summed E-state index contributed by atoms with van der Waals surface area (Å²) in [4.78, 5) is 14.2. The zero-order valence-corrected chi connectivity index (χ0v) is 13.3. The highest BCUT2D eigenvalue weighted by atomic mass is 16.6. The molecule has 1 heterocycles. The lowest BCUT2D eigenvalue weighted by atomic mass is 10.0. The first-order valence-corrected chi connectivity index (χ1v) is 7.47. The van der Waals surface area contributed by atoms with Crippen LogP contribution in [-0.4, -0.2) is 42.4 Å². The number of methoxy groups -OCH3 is 1. The molecule has 1 aliphatic heterocycles. The number of rotatable bonds is 3. The highest BCUT2D eigenvalue weighted by Crippen LogP contribution is 2.26. The van der Waals surface area contributed by atoms with E-state index >= 15 is 0 Å². The molecule has 0 saturated carbocycles. The fraction of sp³-hybridized carbons (Fsp3) is 0.588. The molecule has 2 rings (SSSR count). The van der Waals surface area contributed by atoms with Gasteiger partial charge in [-0.05, 0) is 39.2 Å². The predicted molar refractivity (Wildman–Crippen MR) is 82.3 cm³/mol. The number of amides is 1. The van der Waals surface area contributed by atoms with E-state index in [1.807, 2.05) is 43.9 Å². The van der Waals surface area contributed by atoms with E-state index in [4.69, 9.17) is 9.47 Å². The number of hydrogen-bond acceptors (Lipinski definition) is 3. The zero-order valence-electron chi connectivity index (χ0n) is 13.3. The molecule has 4 heteroatoms. The first-order chi connectivity index (χ1) is 9.90. The summed E-state index contributed by atoms with van der Waals surface area (Å²) < 4.78 is 11.1. The van der Waals surface area contributed by atoms with Gasteiger partial charge < -0.3 is 14.4 Å². The normalized spacial score (nSPS) is 22.4. The van der Waals surface area contributed by atoms with Gasteiger partial charge in [-0.25, -0.2) is 4.79 Å². The van der Waals surface area contributed by atoms with Crippen LogP contribution in [-0.2, 0) is 15.9 Å². The van der Waals surface area contributed by atoms with Crippen LogP contribution in [0.15, 0.2) is 30.3 Å². The molecule has 0 radical (unpaired) electrons. The van der Waals surface area contributed by atoms with E-state index in [-0.39, 0.29) is 18.2 Å². The Hall–Kier alpha value is -1.55. The fourth-order valence-corrected chi connectivity index (χ4v) is 2.74. The van der Waals surface area contributed by atoms with Crippen LogP contribution in [0.25, 0.3) is 0 Å². The van der Waals surface area contributed by atoms with Crippen LogP contribution in [0.5, 0.6) is 0 Å². The van der Waals surface area contributed by atoms with Gasteiger partial charge in [-0.2, -0.15) is 0 Å². The van der Waals surface area contributed by atoms with Crippen LogP contribution in [0.3, 0.4) is 0 Å². The topological polar surface area (TPSA) is 38.8 Å². The Kier molecular flexibility index (Phi) is 4.88. The Labute approximate surface area is 127 Å². The van der Waals surface area contributed by atoms with Gasteiger partial charge in [0.25, 0.3) is 0 Å². The number of likely N-dealkylation sites (tertiary alicyclic amines) is 1. The van der Waals surface area contributed by atoms with Gasteiger partial charge in [0.2, 0.25) is 0 Å². The van der Waals surface area contributed by atoms with E-state index in [9.17, 15) is 4.79 Å². The average Bonchev–Trinajstić information content (AvgIpc) is 2.81. The SMILES string of the molecule is CO[C@@H]1CCN(C(=O)OC(C)(C)C)[C@H]1Cc1ccccc1. The second-order valence-corrected chi connectivity index (χ2v) is 6.49. The molecule has 1 aromatic carbocycles. The smallest absolute Gasteiger partial charge is 0.410 e. The molecule has 0 aliphatic carbocycles. The maximum absolute atomic E-state index is 12.4. The molecule has 2 atom stereocenters. The van der Waals surface area contributed by atoms with E-state index in [2.05, 4.69) is 12.1 Å². The highest BCUT2D eigenvalue weighted by molar-refractivity contribution is 5.69. The van der Waals surface area contributed by atoms with Crippen molar-refractivity contribution in [3.63, 3.8) is 0 Å². The van der Waals surface area contributed by atoms with E-state index in [1.165, 1.54) is 5.56 Å². The lowest BCUT2D eigenvalue weighted by Gasteiger charge is -2.30. The molecule has 116 valence electrons. The van der Waals surface area contributed by atoms with Gasteiger partial charge >= 0.3 is 6.09 Å². The third kappa shape index (κ3) is 4.21. The number of hydrogen-bond donors (Lipinski definition) is 0. The third-order valence-corrected chi connectivity index (χ3v) is 3.70. The highest BCUT2D eigenvalue weighted by Gasteiger charge is 2.39. The Balaban J connectivity index is 2.11. The number of ether oxygens (including phenoxy) is 2. The van der Waals surface area contributed by atoms with E-state index < -0.39 is 5.60 Å². The van der Waals surface area contributed by atoms with Gasteiger partial charge in [-0.3, -0.25) is 0 Å². The summed E-state index contributed by atoms with van der Waals surface area (Å²) in [5.41, 5.74) is 0.736. The molecule has 1 aromatic rings. The van der Waals surface area contributed by atoms with Gasteiger partial charge in [0.15, 0.2) is 0 Å². The molecule has 1 saturated heterocycles. The first kappa shape index (κ1) is 15.8. The van der Waals surface area contributed by atoms with E-state index in [1.54, 1.807) is 7.11 Å². The molecule has 21 heavy (non-hydrogen) atoms. The second kappa shape index (κ2) is 6.48. The number of carbonyl (C=O) groups is 1. The zero-order chi connectivity index (χ0) is 15.5. The minimum absolute atomic E-state index is 0.0345. The summed E-state index contributed by atoms with van der Waals surface area (Å²) in [6.45, 7) is 6.36. The van der Waals surface area contributed by atoms with Gasteiger partial charge in [-0.1, -0.05) is 30.3 Å². The number of benzene rings is 1. The Morgan fingerprint density at radius 3 is 2.52 bits per heavy atom. The van der Waals surface area contributed by atoms with Gasteiger partial charge in [-0.15, -0.1) is 0 Å². The molecule has 1 aliphatic rings. The third-order valence-electron chi connectivity index (χ3n) is 3.70. The molecule has 0 N–H and O–H groups in total. The van der Waals surface area contributed by atoms with E-state index in [0.717, 1.165) is 12.8 Å². The maximum Gasteiger partial charge on any atom is 0.410 e. The van der Waals surface area contributed by atoms with Crippen LogP contribution >= 0.6 is 0 Å². The monoisotopic (exact) mass is 291 g/mol. The van der Waals surface area contributed by atoms with Gasteiger partial charge in [0, 0.05) is 13.7 Å². The molecule has 1 amide bonds. The van der Waals surface area contributed by atoms with Crippen molar-refractivity contribution < 1.29 is 14.3 Å². The number of nitrogens with zero attached hydrogens (tertiary/aromatic N) is 1. The van der Waals surface area contributed by atoms with E-state index in [0.29, 0.717) is 6.54 Å². The van der Waals surface area contributed by atoms with Crippen LogP contribution in [0.4, 0.5) is 4.79 Å². The number of carbonyl (C=O) groups excluding carboxylic acids is 1. The Bertz CT molecular complexity index is 467. The summed E-state index contributed by atoms with van der Waals surface area (Å²) in [5.74, 6) is 0. The second-order valence-electron chi connectivity index (χ2n) is 6.49. The van der Waals surface area contributed by atoms with Crippen LogP contribution in [0.1, 0.15) is 32.8 Å². The Morgan fingerprint density at radius 2 is 1.95 bits per heavy atom. The minimum atomic E-state index is -0.473. The standard InChI is InChI=1S/C17H25NO3/c1-17(2,3)21-16(19)18-11-10-15(20-4)14(18)12-13-8-6-5-7-9-13/h5-9,14-15H,10-12H2,1-4H3/t14-,15+/m0/s1. The molecular weight excluding hydrogens is 266 g/mol. The molecule has 0 aromatic heterocycles. The Morgan fingerprint density at radius 1 is 1.29 bits per heavy atom. The van der Waals surface area contributed by atoms with Crippen molar-refractivity contribution >= 4 is 6.09 Å². The predicted octanol–water partition coefficient (Wildman–Crippen LogP) is 3.25. The van der Waals surface area contributed by atoms with Crippen LogP contribution < -0.4 is 0 Å². The van der Waals surface area contributed by atoms with Gasteiger partial charge in [0.05, 0.1) is 12.1 Å². The van der Waals surface area contributed by atoms with Crippen molar-refractivity contribution in [3.05, 3.63) is 35.9 Å². The molecule has 1 fully saturated rings. The van der Waals surface area contributed by atoms with Crippen molar-refractivity contribution in [1.29, 1.82) is 0 Å². The molecule has 0 bridgehead atoms. The molecule has 0 unspecified atom stereocenters. The summed E-state index contributed by atoms with van der Waals surface area (Å²) in [6.07, 6.45) is 1.46. The average molecular weight is 291 g/mol. The molecular formula is C17H25NO3. The van der Waals surface area contributed by atoms with Crippen molar-refractivity contribution in [3.8, 4) is 0 Å². The van der Waals surface area contributed by atoms with Crippen LogP contribution in [0, 0.1) is 0 Å². The van der Waals surface area contributed by atoms with Crippen LogP contribution in [0.2, 0.25) is 0 Å². The maximum atomic E-state index is 12.4. The summed E-state index contributed by atoms with van der Waals surface area (Å²) in [6, 6.07) is 10.2. The fourth-order valence-electron chi connectivity index (χ4n) is 2.74. The lowest BCUT2D eigenvalue weighted by molar-refractivity contribution is 0.0106. The quantitative estimate of drug-likeness (QED) is 0.858.